The first kappa shape index (κ1) is 21.1. The molecule has 4 rings (SSSR count). The van der Waals surface area contributed by atoms with E-state index in [2.05, 4.69) is 0 Å². The second kappa shape index (κ2) is 8.52. The smallest absolute Gasteiger partial charge is 0.408 e. The Hall–Kier alpha value is -2.17. The molecule has 0 saturated carbocycles. The van der Waals surface area contributed by atoms with Gasteiger partial charge in [-0.2, -0.15) is 17.0 Å². The van der Waals surface area contributed by atoms with Crippen molar-refractivity contribution in [3.05, 3.63) is 34.8 Å². The third-order valence-electron chi connectivity index (χ3n) is 6.03. The van der Waals surface area contributed by atoms with Crippen molar-refractivity contribution < 1.29 is 17.6 Å². The van der Waals surface area contributed by atoms with E-state index in [1.165, 1.54) is 8.87 Å². The van der Waals surface area contributed by atoms with Crippen LogP contribution in [0, 0.1) is 0 Å². The maximum Gasteiger partial charge on any atom is 0.420 e. The monoisotopic (exact) mass is 436 g/mol. The van der Waals surface area contributed by atoms with E-state index in [0.29, 0.717) is 37.3 Å². The number of amides is 1. The van der Waals surface area contributed by atoms with E-state index >= 15 is 0 Å². The number of oxazole rings is 1. The van der Waals surface area contributed by atoms with Gasteiger partial charge >= 0.3 is 5.76 Å². The highest BCUT2D eigenvalue weighted by molar-refractivity contribution is 7.86. The molecular formula is C20H28N4O5S. The van der Waals surface area contributed by atoms with Crippen LogP contribution in [0.5, 0.6) is 0 Å². The number of carbonyl (C=O) groups is 1. The van der Waals surface area contributed by atoms with Crippen LogP contribution < -0.4 is 5.76 Å². The molecule has 1 unspecified atom stereocenters. The molecule has 0 spiro atoms. The number of rotatable bonds is 4. The van der Waals surface area contributed by atoms with Gasteiger partial charge in [0, 0.05) is 39.3 Å². The van der Waals surface area contributed by atoms with Crippen molar-refractivity contribution in [3.8, 4) is 0 Å². The summed E-state index contributed by atoms with van der Waals surface area (Å²) in [6, 6.07) is 6.27. The predicted octanol–water partition coefficient (Wildman–Crippen LogP) is 1.42. The number of fused-ring (bicyclic) bond motifs is 1. The quantitative estimate of drug-likeness (QED) is 0.722. The highest BCUT2D eigenvalue weighted by atomic mass is 32.2. The van der Waals surface area contributed by atoms with Crippen LogP contribution in [0.1, 0.15) is 38.6 Å². The predicted molar refractivity (Wildman–Crippen MR) is 112 cm³/mol. The number of hydrogen-bond donors (Lipinski definition) is 0. The standard InChI is InChI=1S/C20H28N4O5S/c1-16(24-17-8-4-5-9-18(17)29-20(24)26)19(25)21-12-14-23(15-13-21)30(27,28)22-10-6-2-3-7-11-22/h4-5,8-9,16H,2-3,6-7,10-15H2,1H3. The highest BCUT2D eigenvalue weighted by Crippen LogP contribution is 2.21. The van der Waals surface area contributed by atoms with E-state index in [0.717, 1.165) is 25.7 Å². The Morgan fingerprint density at radius 1 is 0.933 bits per heavy atom. The summed E-state index contributed by atoms with van der Waals surface area (Å²) in [5.41, 5.74) is 1.02. The molecule has 30 heavy (non-hydrogen) atoms. The summed E-state index contributed by atoms with van der Waals surface area (Å²) < 4.78 is 35.6. The topological polar surface area (TPSA) is 96.1 Å². The summed E-state index contributed by atoms with van der Waals surface area (Å²) in [4.78, 5) is 27.0. The molecule has 1 amide bonds. The highest BCUT2D eigenvalue weighted by Gasteiger charge is 2.35. The zero-order valence-corrected chi connectivity index (χ0v) is 18.0. The summed E-state index contributed by atoms with van der Waals surface area (Å²) in [5.74, 6) is -0.782. The number of carbonyl (C=O) groups excluding carboxylic acids is 1. The third-order valence-corrected chi connectivity index (χ3v) is 8.07. The van der Waals surface area contributed by atoms with Gasteiger partial charge in [0.05, 0.1) is 5.52 Å². The molecule has 164 valence electrons. The minimum absolute atomic E-state index is 0.213. The van der Waals surface area contributed by atoms with Crippen LogP contribution >= 0.6 is 0 Å². The number of nitrogens with zero attached hydrogens (tertiary/aromatic N) is 4. The van der Waals surface area contributed by atoms with Crippen molar-refractivity contribution in [2.75, 3.05) is 39.3 Å². The Balaban J connectivity index is 1.44. The van der Waals surface area contributed by atoms with Crippen LogP contribution in [-0.2, 0) is 15.0 Å². The first-order chi connectivity index (χ1) is 14.4. The fraction of sp³-hybridized carbons (Fsp3) is 0.600. The second-order valence-electron chi connectivity index (χ2n) is 7.93. The van der Waals surface area contributed by atoms with Gasteiger partial charge in [-0.25, -0.2) is 4.79 Å². The minimum Gasteiger partial charge on any atom is -0.408 e. The molecular weight excluding hydrogens is 408 g/mol. The molecule has 2 saturated heterocycles. The van der Waals surface area contributed by atoms with Gasteiger partial charge in [0.2, 0.25) is 5.91 Å². The molecule has 1 atom stereocenters. The third kappa shape index (κ3) is 3.91. The molecule has 3 heterocycles. The Labute approximate surface area is 176 Å². The van der Waals surface area contributed by atoms with Crippen LogP contribution in [0.3, 0.4) is 0 Å². The lowest BCUT2D eigenvalue weighted by atomic mass is 10.2. The summed E-state index contributed by atoms with van der Waals surface area (Å²) in [6.07, 6.45) is 3.91. The zero-order valence-electron chi connectivity index (χ0n) is 17.2. The number of hydrogen-bond acceptors (Lipinski definition) is 5. The van der Waals surface area contributed by atoms with Crippen molar-refractivity contribution in [1.82, 2.24) is 18.1 Å². The van der Waals surface area contributed by atoms with Gasteiger partial charge < -0.3 is 9.32 Å². The summed E-state index contributed by atoms with van der Waals surface area (Å²) in [5, 5.41) is 0. The molecule has 0 aliphatic carbocycles. The van der Waals surface area contributed by atoms with Gasteiger partial charge in [-0.3, -0.25) is 9.36 Å². The van der Waals surface area contributed by atoms with E-state index in [9.17, 15) is 18.0 Å². The number of aromatic nitrogens is 1. The normalized spacial score (nSPS) is 20.9. The molecule has 2 aliphatic heterocycles. The van der Waals surface area contributed by atoms with E-state index in [-0.39, 0.29) is 19.0 Å². The van der Waals surface area contributed by atoms with Crippen LogP contribution in [0.2, 0.25) is 0 Å². The summed E-state index contributed by atoms with van der Waals surface area (Å²) in [6.45, 7) is 3.94. The Morgan fingerprint density at radius 2 is 1.53 bits per heavy atom. The Bertz CT molecular complexity index is 1060. The molecule has 0 N–H and O–H groups in total. The zero-order chi connectivity index (χ0) is 21.3. The first-order valence-corrected chi connectivity index (χ1v) is 11.9. The Kier molecular flexibility index (Phi) is 5.99. The van der Waals surface area contributed by atoms with Crippen LogP contribution in [0.4, 0.5) is 0 Å². The Morgan fingerprint density at radius 3 is 2.20 bits per heavy atom. The number of benzene rings is 1. The largest absolute Gasteiger partial charge is 0.420 e. The van der Waals surface area contributed by atoms with Gasteiger partial charge in [0.1, 0.15) is 6.04 Å². The van der Waals surface area contributed by atoms with Crippen molar-refractivity contribution in [3.63, 3.8) is 0 Å². The lowest BCUT2D eigenvalue weighted by molar-refractivity contribution is -0.135. The maximum atomic E-state index is 13.0. The van der Waals surface area contributed by atoms with Crippen molar-refractivity contribution >= 4 is 27.2 Å². The molecule has 10 heteroatoms. The fourth-order valence-corrected chi connectivity index (χ4v) is 5.97. The van der Waals surface area contributed by atoms with Crippen molar-refractivity contribution in [1.29, 1.82) is 0 Å². The van der Waals surface area contributed by atoms with E-state index in [1.807, 2.05) is 0 Å². The molecule has 1 aromatic heterocycles. The van der Waals surface area contributed by atoms with Gasteiger partial charge in [-0.05, 0) is 31.9 Å². The maximum absolute atomic E-state index is 13.0. The molecule has 2 aliphatic rings. The van der Waals surface area contributed by atoms with Crippen molar-refractivity contribution in [2.24, 2.45) is 0 Å². The summed E-state index contributed by atoms with van der Waals surface area (Å²) >= 11 is 0. The lowest BCUT2D eigenvalue weighted by Crippen LogP contribution is -2.55. The van der Waals surface area contributed by atoms with E-state index in [4.69, 9.17) is 4.42 Å². The average Bonchev–Trinajstić information content (AvgIpc) is 2.91. The van der Waals surface area contributed by atoms with Crippen molar-refractivity contribution in [2.45, 2.75) is 38.6 Å². The number of para-hydroxylation sites is 2. The molecule has 9 nitrogen and oxygen atoms in total. The van der Waals surface area contributed by atoms with Crippen LogP contribution in [-0.4, -0.2) is 71.7 Å². The van der Waals surface area contributed by atoms with Crippen LogP contribution in [0.15, 0.2) is 33.5 Å². The van der Waals surface area contributed by atoms with Gasteiger partial charge in [-0.15, -0.1) is 0 Å². The average molecular weight is 437 g/mol. The fourth-order valence-electron chi connectivity index (χ4n) is 4.30. The first-order valence-electron chi connectivity index (χ1n) is 10.5. The minimum atomic E-state index is -3.50. The van der Waals surface area contributed by atoms with Gasteiger partial charge in [0.15, 0.2) is 5.58 Å². The molecule has 1 aromatic carbocycles. The number of piperazine rings is 1. The lowest BCUT2D eigenvalue weighted by Gasteiger charge is -2.37. The van der Waals surface area contributed by atoms with Crippen LogP contribution in [0.25, 0.3) is 11.1 Å². The molecule has 0 bridgehead atoms. The van der Waals surface area contributed by atoms with Gasteiger partial charge in [-0.1, -0.05) is 25.0 Å². The molecule has 2 aromatic rings. The summed E-state index contributed by atoms with van der Waals surface area (Å²) in [7, 11) is -3.50. The van der Waals surface area contributed by atoms with Gasteiger partial charge in [0.25, 0.3) is 10.2 Å². The molecule has 0 radical (unpaired) electrons. The van der Waals surface area contributed by atoms with E-state index in [1.54, 1.807) is 40.4 Å². The SMILES string of the molecule is CC(C(=O)N1CCN(S(=O)(=O)N2CCCCCC2)CC1)n1c(=O)oc2ccccc21. The molecule has 2 fully saturated rings. The second-order valence-corrected chi connectivity index (χ2v) is 9.86. The van der Waals surface area contributed by atoms with E-state index < -0.39 is 22.0 Å².